The monoisotopic (exact) mass is 402 g/mol. The highest BCUT2D eigenvalue weighted by Gasteiger charge is 2.27. The molecule has 6 nitrogen and oxygen atoms in total. The van der Waals surface area contributed by atoms with Crippen LogP contribution in [0.15, 0.2) is 29.6 Å². The molecule has 2 rings (SSSR count). The highest BCUT2D eigenvalue weighted by Crippen LogP contribution is 2.21. The highest BCUT2D eigenvalue weighted by atomic mass is 32.1. The normalized spacial score (nSPS) is 11.8. The van der Waals surface area contributed by atoms with Gasteiger partial charge in [-0.25, -0.2) is 4.79 Å². The molecule has 0 saturated carbocycles. The van der Waals surface area contributed by atoms with E-state index in [0.717, 1.165) is 22.4 Å². The summed E-state index contributed by atoms with van der Waals surface area (Å²) in [6.07, 6.45) is 0. The Morgan fingerprint density at radius 3 is 2.29 bits per heavy atom. The minimum absolute atomic E-state index is 0.180. The van der Waals surface area contributed by atoms with Crippen LogP contribution in [0.1, 0.15) is 40.2 Å². The summed E-state index contributed by atoms with van der Waals surface area (Å²) in [5.41, 5.74) is 3.72. The smallest absolute Gasteiger partial charge is 0.329 e. The largest absolute Gasteiger partial charge is 0.454 e. The van der Waals surface area contributed by atoms with E-state index in [9.17, 15) is 14.4 Å². The summed E-state index contributed by atoms with van der Waals surface area (Å²) >= 11 is 1.29. The third-order valence-corrected chi connectivity index (χ3v) is 5.11. The van der Waals surface area contributed by atoms with Crippen molar-refractivity contribution < 1.29 is 19.1 Å². The van der Waals surface area contributed by atoms with E-state index in [2.05, 4.69) is 10.6 Å². The summed E-state index contributed by atoms with van der Waals surface area (Å²) in [6, 6.07) is 6.57. The van der Waals surface area contributed by atoms with Crippen molar-refractivity contribution >= 4 is 34.8 Å². The van der Waals surface area contributed by atoms with Crippen molar-refractivity contribution in [2.75, 3.05) is 11.9 Å². The number of thiophene rings is 1. The molecule has 0 radical (unpaired) electrons. The predicted octanol–water partition coefficient (Wildman–Crippen LogP) is 3.61. The van der Waals surface area contributed by atoms with Crippen molar-refractivity contribution in [2.45, 2.75) is 40.7 Å². The fourth-order valence-electron chi connectivity index (χ4n) is 2.90. The molecule has 7 heteroatoms. The average molecular weight is 403 g/mol. The van der Waals surface area contributed by atoms with Crippen LogP contribution in [0, 0.1) is 26.7 Å². The molecule has 0 saturated heterocycles. The molecule has 0 unspecified atom stereocenters. The fraction of sp³-hybridized carbons (Fsp3) is 0.381. The average Bonchev–Trinajstić information content (AvgIpc) is 3.15. The van der Waals surface area contributed by atoms with Gasteiger partial charge in [0.2, 0.25) is 0 Å². The Balaban J connectivity index is 1.95. The molecule has 1 atom stereocenters. The Bertz CT molecular complexity index is 836. The molecule has 0 aliphatic carbocycles. The molecule has 1 heterocycles. The lowest BCUT2D eigenvalue weighted by molar-refractivity contribution is -0.150. The molecular formula is C21H26N2O4S. The summed E-state index contributed by atoms with van der Waals surface area (Å²) in [4.78, 5) is 37.4. The van der Waals surface area contributed by atoms with Gasteiger partial charge in [-0.2, -0.15) is 0 Å². The fourth-order valence-corrected chi connectivity index (χ4v) is 3.52. The van der Waals surface area contributed by atoms with Crippen LogP contribution in [0.2, 0.25) is 0 Å². The van der Waals surface area contributed by atoms with Gasteiger partial charge in [0, 0.05) is 5.69 Å². The third kappa shape index (κ3) is 5.66. The van der Waals surface area contributed by atoms with Crippen LogP contribution in [-0.4, -0.2) is 30.4 Å². The van der Waals surface area contributed by atoms with Gasteiger partial charge in [-0.1, -0.05) is 37.6 Å². The van der Waals surface area contributed by atoms with Crippen LogP contribution >= 0.6 is 11.3 Å². The van der Waals surface area contributed by atoms with Gasteiger partial charge < -0.3 is 15.4 Å². The van der Waals surface area contributed by atoms with Gasteiger partial charge in [-0.3, -0.25) is 9.59 Å². The van der Waals surface area contributed by atoms with Gasteiger partial charge in [0.05, 0.1) is 4.88 Å². The quantitative estimate of drug-likeness (QED) is 0.693. The van der Waals surface area contributed by atoms with Gasteiger partial charge in [0.15, 0.2) is 6.61 Å². The zero-order valence-electron chi connectivity index (χ0n) is 16.8. The number of rotatable bonds is 7. The topological polar surface area (TPSA) is 84.5 Å². The number of amides is 2. The Kier molecular flexibility index (Phi) is 7.34. The molecule has 2 N–H and O–H groups in total. The van der Waals surface area contributed by atoms with E-state index in [4.69, 9.17) is 4.74 Å². The van der Waals surface area contributed by atoms with Gasteiger partial charge in [0.25, 0.3) is 11.8 Å². The summed E-state index contributed by atoms with van der Waals surface area (Å²) in [5.74, 6) is -1.56. The number of ether oxygens (including phenoxy) is 1. The first kappa shape index (κ1) is 21.6. The molecule has 0 fully saturated rings. The molecule has 0 spiro atoms. The zero-order valence-corrected chi connectivity index (χ0v) is 17.6. The first-order valence-corrected chi connectivity index (χ1v) is 9.95. The molecule has 28 heavy (non-hydrogen) atoms. The first-order chi connectivity index (χ1) is 13.2. The number of anilines is 1. The number of esters is 1. The van der Waals surface area contributed by atoms with Crippen LogP contribution in [0.3, 0.4) is 0 Å². The number of nitrogens with one attached hydrogen (secondary N) is 2. The van der Waals surface area contributed by atoms with Gasteiger partial charge in [-0.05, 0) is 49.3 Å². The molecule has 1 aromatic carbocycles. The van der Waals surface area contributed by atoms with Crippen molar-refractivity contribution in [3.05, 3.63) is 51.2 Å². The maximum absolute atomic E-state index is 12.4. The molecule has 0 aliphatic rings. The zero-order chi connectivity index (χ0) is 20.8. The Labute approximate surface area is 169 Å². The molecular weight excluding hydrogens is 376 g/mol. The maximum Gasteiger partial charge on any atom is 0.329 e. The van der Waals surface area contributed by atoms with Crippen LogP contribution < -0.4 is 10.6 Å². The number of hydrogen-bond acceptors (Lipinski definition) is 5. The van der Waals surface area contributed by atoms with E-state index in [0.29, 0.717) is 4.88 Å². The maximum atomic E-state index is 12.4. The van der Waals surface area contributed by atoms with Gasteiger partial charge >= 0.3 is 5.97 Å². The number of carbonyl (C=O) groups is 3. The number of carbonyl (C=O) groups excluding carboxylic acids is 3. The number of benzene rings is 1. The van der Waals surface area contributed by atoms with E-state index >= 15 is 0 Å². The lowest BCUT2D eigenvalue weighted by atomic mass is 10.0. The Hall–Kier alpha value is -2.67. The van der Waals surface area contributed by atoms with Crippen molar-refractivity contribution in [1.29, 1.82) is 0 Å². The first-order valence-electron chi connectivity index (χ1n) is 9.07. The Morgan fingerprint density at radius 1 is 1.11 bits per heavy atom. The van der Waals surface area contributed by atoms with Crippen LogP contribution in [0.5, 0.6) is 0 Å². The summed E-state index contributed by atoms with van der Waals surface area (Å²) < 4.78 is 5.16. The molecule has 2 amide bonds. The van der Waals surface area contributed by atoms with E-state index in [-0.39, 0.29) is 11.8 Å². The van der Waals surface area contributed by atoms with Crippen molar-refractivity contribution in [3.8, 4) is 0 Å². The second kappa shape index (κ2) is 9.50. The van der Waals surface area contributed by atoms with Crippen molar-refractivity contribution in [2.24, 2.45) is 5.92 Å². The second-order valence-electron chi connectivity index (χ2n) is 7.10. The molecule has 0 bridgehead atoms. The van der Waals surface area contributed by atoms with Crippen LogP contribution in [0.4, 0.5) is 5.69 Å². The van der Waals surface area contributed by atoms with E-state index in [1.54, 1.807) is 31.4 Å². The van der Waals surface area contributed by atoms with E-state index in [1.807, 2.05) is 32.9 Å². The lowest BCUT2D eigenvalue weighted by Crippen LogP contribution is -2.45. The summed E-state index contributed by atoms with van der Waals surface area (Å²) in [5, 5.41) is 7.26. The molecule has 0 aliphatic heterocycles. The lowest BCUT2D eigenvalue weighted by Gasteiger charge is -2.20. The summed E-state index contributed by atoms with van der Waals surface area (Å²) in [6.45, 7) is 9.01. The van der Waals surface area contributed by atoms with Gasteiger partial charge in [-0.15, -0.1) is 11.3 Å². The third-order valence-electron chi connectivity index (χ3n) is 4.24. The minimum atomic E-state index is -0.828. The number of hydrogen-bond donors (Lipinski definition) is 2. The van der Waals surface area contributed by atoms with Crippen LogP contribution in [-0.2, 0) is 14.3 Å². The molecule has 2 aromatic rings. The van der Waals surface area contributed by atoms with E-state index in [1.165, 1.54) is 11.3 Å². The van der Waals surface area contributed by atoms with Crippen molar-refractivity contribution in [3.63, 3.8) is 0 Å². The second-order valence-corrected chi connectivity index (χ2v) is 8.05. The summed E-state index contributed by atoms with van der Waals surface area (Å²) in [7, 11) is 0. The standard InChI is InChI=1S/C21H26N2O4S/c1-12(2)18(23-20(25)16-7-6-8-28-16)21(26)27-11-17(24)22-19-14(4)9-13(3)10-15(19)5/h6-10,12,18H,11H2,1-5H3,(H,22,24)(H,23,25)/t18-/m0/s1. The van der Waals surface area contributed by atoms with Gasteiger partial charge in [0.1, 0.15) is 6.04 Å². The highest BCUT2D eigenvalue weighted by molar-refractivity contribution is 7.12. The number of aryl methyl sites for hydroxylation is 3. The van der Waals surface area contributed by atoms with E-state index < -0.39 is 24.5 Å². The van der Waals surface area contributed by atoms with Crippen molar-refractivity contribution in [1.82, 2.24) is 5.32 Å². The van der Waals surface area contributed by atoms with Crippen LogP contribution in [0.25, 0.3) is 0 Å². The predicted molar refractivity (Wildman–Crippen MR) is 111 cm³/mol. The SMILES string of the molecule is Cc1cc(C)c(NC(=O)COC(=O)[C@@H](NC(=O)c2cccs2)C(C)C)c(C)c1. The molecule has 1 aromatic heterocycles. The Morgan fingerprint density at radius 2 is 1.75 bits per heavy atom. The minimum Gasteiger partial charge on any atom is -0.454 e. The molecule has 150 valence electrons.